The van der Waals surface area contributed by atoms with Crippen molar-refractivity contribution in [3.63, 3.8) is 0 Å². The molecule has 2 saturated heterocycles. The Balaban J connectivity index is 1.41. The molecule has 6 heteroatoms. The van der Waals surface area contributed by atoms with Crippen molar-refractivity contribution in [2.24, 2.45) is 0 Å². The van der Waals surface area contributed by atoms with Crippen LogP contribution in [0.15, 0.2) is 17.5 Å². The Bertz CT molecular complexity index is 530. The molecule has 2 fully saturated rings. The number of hydrogen-bond acceptors (Lipinski definition) is 4. The molecule has 1 aromatic heterocycles. The highest BCUT2D eigenvalue weighted by Crippen LogP contribution is 2.13. The van der Waals surface area contributed by atoms with E-state index in [1.54, 1.807) is 11.3 Å². The summed E-state index contributed by atoms with van der Waals surface area (Å²) in [4.78, 5) is 32.1. The predicted octanol–water partition coefficient (Wildman–Crippen LogP) is 1.84. The lowest BCUT2D eigenvalue weighted by molar-refractivity contribution is -0.134. The zero-order chi connectivity index (χ0) is 16.8. The van der Waals surface area contributed by atoms with Crippen LogP contribution in [0.5, 0.6) is 0 Å². The Morgan fingerprint density at radius 3 is 2.17 bits per heavy atom. The summed E-state index contributed by atoms with van der Waals surface area (Å²) in [5.41, 5.74) is 0. The van der Waals surface area contributed by atoms with E-state index >= 15 is 0 Å². The van der Waals surface area contributed by atoms with Crippen molar-refractivity contribution in [2.45, 2.75) is 32.1 Å². The Hall–Kier alpha value is -1.40. The van der Waals surface area contributed by atoms with Gasteiger partial charge in [-0.3, -0.25) is 14.5 Å². The van der Waals surface area contributed by atoms with Gasteiger partial charge in [-0.1, -0.05) is 18.9 Å². The summed E-state index contributed by atoms with van der Waals surface area (Å²) >= 11 is 1.63. The van der Waals surface area contributed by atoms with Gasteiger partial charge < -0.3 is 9.80 Å². The van der Waals surface area contributed by atoms with Gasteiger partial charge in [-0.15, -0.1) is 11.3 Å². The molecule has 3 heterocycles. The van der Waals surface area contributed by atoms with Crippen molar-refractivity contribution in [3.8, 4) is 0 Å². The second kappa shape index (κ2) is 8.62. The first-order chi connectivity index (χ1) is 11.7. The van der Waals surface area contributed by atoms with Gasteiger partial charge in [-0.05, 0) is 24.3 Å². The first-order valence-electron chi connectivity index (χ1n) is 9.02. The van der Waals surface area contributed by atoms with Gasteiger partial charge in [0.25, 0.3) is 0 Å². The highest BCUT2D eigenvalue weighted by atomic mass is 32.1. The summed E-state index contributed by atoms with van der Waals surface area (Å²) in [7, 11) is 0. The molecular weight excluding hydrogens is 322 g/mol. The van der Waals surface area contributed by atoms with Gasteiger partial charge in [0.1, 0.15) is 0 Å². The quantitative estimate of drug-likeness (QED) is 0.833. The topological polar surface area (TPSA) is 43.9 Å². The maximum absolute atomic E-state index is 12.5. The van der Waals surface area contributed by atoms with Gasteiger partial charge in [0, 0.05) is 44.1 Å². The molecule has 24 heavy (non-hydrogen) atoms. The van der Waals surface area contributed by atoms with Crippen LogP contribution in [0.2, 0.25) is 0 Å². The number of carbonyl (C=O) groups is 2. The van der Waals surface area contributed by atoms with E-state index in [0.717, 1.165) is 57.0 Å². The number of hydrogen-bond donors (Lipinski definition) is 0. The molecule has 5 nitrogen and oxygen atoms in total. The zero-order valence-electron chi connectivity index (χ0n) is 14.3. The molecule has 2 aliphatic heterocycles. The molecule has 3 rings (SSSR count). The van der Waals surface area contributed by atoms with Crippen LogP contribution in [-0.4, -0.2) is 72.3 Å². The molecule has 0 radical (unpaired) electrons. The van der Waals surface area contributed by atoms with Gasteiger partial charge >= 0.3 is 0 Å². The van der Waals surface area contributed by atoms with Crippen molar-refractivity contribution < 1.29 is 9.59 Å². The summed E-state index contributed by atoms with van der Waals surface area (Å²) in [6.07, 6.45) is 5.27. The number of piperazine rings is 1. The molecule has 0 aliphatic carbocycles. The van der Waals surface area contributed by atoms with Crippen LogP contribution in [0, 0.1) is 0 Å². The first-order valence-corrected chi connectivity index (χ1v) is 9.90. The Labute approximate surface area is 148 Å². The van der Waals surface area contributed by atoms with E-state index in [0.29, 0.717) is 13.0 Å². The Kier molecular flexibility index (Phi) is 6.26. The van der Waals surface area contributed by atoms with Crippen molar-refractivity contribution in [1.82, 2.24) is 14.7 Å². The van der Waals surface area contributed by atoms with Crippen molar-refractivity contribution in [1.29, 1.82) is 0 Å². The molecule has 1 aromatic rings. The lowest BCUT2D eigenvalue weighted by Gasteiger charge is -2.35. The highest BCUT2D eigenvalue weighted by molar-refractivity contribution is 7.10. The Morgan fingerprint density at radius 1 is 0.875 bits per heavy atom. The van der Waals surface area contributed by atoms with E-state index in [1.807, 2.05) is 27.3 Å². The lowest BCUT2D eigenvalue weighted by atomic mass is 10.2. The molecule has 0 atom stereocenters. The summed E-state index contributed by atoms with van der Waals surface area (Å²) < 4.78 is 0. The van der Waals surface area contributed by atoms with E-state index in [2.05, 4.69) is 4.90 Å². The van der Waals surface area contributed by atoms with Gasteiger partial charge in [0.15, 0.2) is 0 Å². The summed E-state index contributed by atoms with van der Waals surface area (Å²) in [6.45, 7) is 5.41. The van der Waals surface area contributed by atoms with Gasteiger partial charge in [-0.2, -0.15) is 0 Å². The van der Waals surface area contributed by atoms with E-state index in [1.165, 1.54) is 12.8 Å². The summed E-state index contributed by atoms with van der Waals surface area (Å²) in [6, 6.07) is 4.00. The molecule has 0 unspecified atom stereocenters. The first kappa shape index (κ1) is 17.4. The second-order valence-corrected chi connectivity index (χ2v) is 7.74. The number of rotatable bonds is 4. The van der Waals surface area contributed by atoms with E-state index in [-0.39, 0.29) is 11.8 Å². The van der Waals surface area contributed by atoms with Gasteiger partial charge in [0.2, 0.25) is 11.8 Å². The number of likely N-dealkylation sites (tertiary alicyclic amines) is 1. The molecule has 0 spiro atoms. The summed E-state index contributed by atoms with van der Waals surface area (Å²) in [5, 5.41) is 2.01. The number of amides is 2. The monoisotopic (exact) mass is 349 g/mol. The van der Waals surface area contributed by atoms with E-state index in [9.17, 15) is 9.59 Å². The van der Waals surface area contributed by atoms with E-state index in [4.69, 9.17) is 0 Å². The molecule has 2 aliphatic rings. The molecule has 0 N–H and O–H groups in total. The minimum absolute atomic E-state index is 0.205. The van der Waals surface area contributed by atoms with Gasteiger partial charge in [-0.25, -0.2) is 0 Å². The maximum Gasteiger partial charge on any atom is 0.236 e. The third-order valence-corrected chi connectivity index (χ3v) is 5.82. The highest BCUT2D eigenvalue weighted by Gasteiger charge is 2.24. The Morgan fingerprint density at radius 2 is 1.54 bits per heavy atom. The second-order valence-electron chi connectivity index (χ2n) is 6.71. The van der Waals surface area contributed by atoms with Crippen LogP contribution >= 0.6 is 11.3 Å². The van der Waals surface area contributed by atoms with Crippen LogP contribution < -0.4 is 0 Å². The molecule has 0 saturated carbocycles. The maximum atomic E-state index is 12.5. The standard InChI is InChI=1S/C18H27N3O2S/c22-17(14-16-6-5-13-24-16)21-11-9-19(10-12-21)15-18(23)20-7-3-1-2-4-8-20/h5-6,13H,1-4,7-12,14-15H2. The largest absolute Gasteiger partial charge is 0.342 e. The molecule has 0 bridgehead atoms. The van der Waals surface area contributed by atoms with Gasteiger partial charge in [0.05, 0.1) is 13.0 Å². The predicted molar refractivity (Wildman–Crippen MR) is 96.1 cm³/mol. The number of nitrogens with zero attached hydrogens (tertiary/aromatic N) is 3. The fourth-order valence-electron chi connectivity index (χ4n) is 3.44. The fraction of sp³-hybridized carbons (Fsp3) is 0.667. The minimum atomic E-state index is 0.205. The van der Waals surface area contributed by atoms with Crippen LogP contribution in [0.1, 0.15) is 30.6 Å². The molecular formula is C18H27N3O2S. The molecule has 132 valence electrons. The SMILES string of the molecule is O=C(Cc1cccs1)N1CCN(CC(=O)N2CCCCCC2)CC1. The van der Waals surface area contributed by atoms with Crippen molar-refractivity contribution in [3.05, 3.63) is 22.4 Å². The van der Waals surface area contributed by atoms with Crippen molar-refractivity contribution >= 4 is 23.2 Å². The average molecular weight is 350 g/mol. The fourth-order valence-corrected chi connectivity index (χ4v) is 4.14. The number of thiophene rings is 1. The smallest absolute Gasteiger partial charge is 0.236 e. The zero-order valence-corrected chi connectivity index (χ0v) is 15.1. The minimum Gasteiger partial charge on any atom is -0.342 e. The van der Waals surface area contributed by atoms with E-state index < -0.39 is 0 Å². The average Bonchev–Trinajstić information content (AvgIpc) is 2.94. The van der Waals surface area contributed by atoms with Crippen LogP contribution in [0.25, 0.3) is 0 Å². The molecule has 0 aromatic carbocycles. The number of carbonyl (C=O) groups excluding carboxylic acids is 2. The molecule has 2 amide bonds. The lowest BCUT2D eigenvalue weighted by Crippen LogP contribution is -2.52. The van der Waals surface area contributed by atoms with Crippen LogP contribution in [0.4, 0.5) is 0 Å². The third-order valence-electron chi connectivity index (χ3n) is 4.95. The van der Waals surface area contributed by atoms with Crippen molar-refractivity contribution in [2.75, 3.05) is 45.8 Å². The van der Waals surface area contributed by atoms with Crippen LogP contribution in [0.3, 0.4) is 0 Å². The van der Waals surface area contributed by atoms with Crippen LogP contribution in [-0.2, 0) is 16.0 Å². The third kappa shape index (κ3) is 4.80. The summed E-state index contributed by atoms with van der Waals surface area (Å²) in [5.74, 6) is 0.464. The normalized spacial score (nSPS) is 20.0.